The second kappa shape index (κ2) is 11.9. The van der Waals surface area contributed by atoms with Crippen LogP contribution in [-0.4, -0.2) is 52.8 Å². The predicted molar refractivity (Wildman–Crippen MR) is 140 cm³/mol. The summed E-state index contributed by atoms with van der Waals surface area (Å²) in [6.45, 7) is 0. The number of hydrogen-bond donors (Lipinski definition) is 2. The topological polar surface area (TPSA) is 132 Å². The minimum atomic E-state index is -1.19. The monoisotopic (exact) mass is 705 g/mol. The standard InChI is InChI=1S/C21H15Br3ClN5O6/c1-35-20(33)30(21(34)36-2)28-18(31)12-6-10(22)7-13(24)16(12)27-19(32)15-8-11(23)9-29(15)17-14(25)4-3-5-26-17/h3-9H,1-2H3,(H,27,32)(H,28,31). The Labute approximate surface area is 234 Å². The summed E-state index contributed by atoms with van der Waals surface area (Å²) in [5.74, 6) is -1.22. The van der Waals surface area contributed by atoms with Crippen LogP contribution in [0.2, 0.25) is 5.02 Å². The molecule has 2 N–H and O–H groups in total. The number of anilines is 1. The molecule has 0 saturated heterocycles. The Bertz CT molecular complexity index is 1350. The van der Waals surface area contributed by atoms with Crippen molar-refractivity contribution in [2.45, 2.75) is 0 Å². The van der Waals surface area contributed by atoms with Crippen molar-refractivity contribution >= 4 is 89.1 Å². The van der Waals surface area contributed by atoms with Crippen LogP contribution in [0.1, 0.15) is 20.8 Å². The molecule has 15 heteroatoms. The van der Waals surface area contributed by atoms with E-state index < -0.39 is 24.0 Å². The number of carbonyl (C=O) groups excluding carboxylic acids is 4. The zero-order valence-corrected chi connectivity index (χ0v) is 23.9. The van der Waals surface area contributed by atoms with Crippen LogP contribution >= 0.6 is 59.4 Å². The van der Waals surface area contributed by atoms with Crippen LogP contribution in [0.5, 0.6) is 0 Å². The predicted octanol–water partition coefficient (Wildman–Crippen LogP) is 5.55. The van der Waals surface area contributed by atoms with E-state index in [0.717, 1.165) is 14.2 Å². The number of aromatic nitrogens is 2. The number of hydrogen-bond acceptors (Lipinski definition) is 7. The first-order valence-electron chi connectivity index (χ1n) is 9.63. The first-order chi connectivity index (χ1) is 17.1. The Hall–Kier alpha value is -2.94. The lowest BCUT2D eigenvalue weighted by atomic mass is 10.1. The van der Waals surface area contributed by atoms with Crippen LogP contribution in [0.4, 0.5) is 15.3 Å². The van der Waals surface area contributed by atoms with Gasteiger partial charge in [0, 0.05) is 25.8 Å². The van der Waals surface area contributed by atoms with Gasteiger partial charge in [-0.3, -0.25) is 14.2 Å². The van der Waals surface area contributed by atoms with Gasteiger partial charge in [-0.15, -0.1) is 5.01 Å². The minimum absolute atomic E-state index is 0.0476. The molecule has 3 rings (SSSR count). The van der Waals surface area contributed by atoms with E-state index in [2.05, 4.69) is 73.0 Å². The van der Waals surface area contributed by atoms with Gasteiger partial charge >= 0.3 is 12.2 Å². The summed E-state index contributed by atoms with van der Waals surface area (Å²) < 4.78 is 11.8. The largest absolute Gasteiger partial charge is 0.451 e. The molecule has 0 unspecified atom stereocenters. The third-order valence-electron chi connectivity index (χ3n) is 4.45. The van der Waals surface area contributed by atoms with Gasteiger partial charge in [0.05, 0.1) is 30.5 Å². The van der Waals surface area contributed by atoms with Gasteiger partial charge in [0.25, 0.3) is 11.8 Å². The molecule has 188 valence electrons. The third kappa shape index (κ3) is 6.06. The van der Waals surface area contributed by atoms with Gasteiger partial charge in [0.15, 0.2) is 5.82 Å². The van der Waals surface area contributed by atoms with Crippen molar-refractivity contribution in [3.8, 4) is 5.82 Å². The lowest BCUT2D eigenvalue weighted by Gasteiger charge is -2.20. The molecule has 3 aromatic rings. The van der Waals surface area contributed by atoms with E-state index >= 15 is 0 Å². The van der Waals surface area contributed by atoms with Crippen LogP contribution in [0.25, 0.3) is 5.82 Å². The molecular formula is C21H15Br3ClN5O6. The maximum atomic E-state index is 13.3. The second-order valence-corrected chi connectivity index (χ2v) is 9.80. The van der Waals surface area contributed by atoms with Crippen molar-refractivity contribution in [3.63, 3.8) is 0 Å². The molecule has 11 nitrogen and oxygen atoms in total. The fourth-order valence-corrected chi connectivity index (χ4v) is 4.86. The summed E-state index contributed by atoms with van der Waals surface area (Å²) >= 11 is 16.2. The number of pyridine rings is 1. The molecule has 1 aromatic carbocycles. The fraction of sp³-hybridized carbons (Fsp3) is 0.0952. The highest BCUT2D eigenvalue weighted by Gasteiger charge is 2.28. The second-order valence-electron chi connectivity index (χ2n) is 6.70. The normalized spacial score (nSPS) is 10.4. The van der Waals surface area contributed by atoms with E-state index in [1.165, 1.54) is 16.8 Å². The molecule has 0 atom stereocenters. The number of benzene rings is 1. The first-order valence-corrected chi connectivity index (χ1v) is 12.4. The molecule has 0 spiro atoms. The number of rotatable bonds is 4. The van der Waals surface area contributed by atoms with E-state index in [1.807, 2.05) is 0 Å². The number of methoxy groups -OCH3 is 2. The van der Waals surface area contributed by atoms with Gasteiger partial charge in [0.2, 0.25) is 0 Å². The number of nitrogens with zero attached hydrogens (tertiary/aromatic N) is 3. The minimum Gasteiger partial charge on any atom is -0.451 e. The average molecular weight is 709 g/mol. The molecule has 2 aromatic heterocycles. The molecule has 0 fully saturated rings. The van der Waals surface area contributed by atoms with Crippen LogP contribution in [-0.2, 0) is 9.47 Å². The molecule has 0 aliphatic carbocycles. The van der Waals surface area contributed by atoms with E-state index in [-0.39, 0.29) is 22.0 Å². The molecule has 0 saturated carbocycles. The fourth-order valence-electron chi connectivity index (χ4n) is 2.90. The van der Waals surface area contributed by atoms with E-state index in [4.69, 9.17) is 11.6 Å². The van der Waals surface area contributed by atoms with Crippen LogP contribution in [0, 0.1) is 0 Å². The molecule has 2 heterocycles. The molecular weight excluding hydrogens is 693 g/mol. The molecule has 36 heavy (non-hydrogen) atoms. The highest BCUT2D eigenvalue weighted by atomic mass is 79.9. The summed E-state index contributed by atoms with van der Waals surface area (Å²) in [7, 11) is 2.04. The Kier molecular flexibility index (Phi) is 9.11. The van der Waals surface area contributed by atoms with E-state index in [9.17, 15) is 19.2 Å². The van der Waals surface area contributed by atoms with Crippen molar-refractivity contribution in [3.05, 3.63) is 72.4 Å². The molecule has 0 aliphatic heterocycles. The van der Waals surface area contributed by atoms with Crippen molar-refractivity contribution in [2.75, 3.05) is 19.5 Å². The van der Waals surface area contributed by atoms with Gasteiger partial charge < -0.3 is 14.8 Å². The van der Waals surface area contributed by atoms with Gasteiger partial charge in [-0.1, -0.05) is 27.5 Å². The number of halogens is 4. The summed E-state index contributed by atoms with van der Waals surface area (Å²) in [5, 5.41) is 3.23. The zero-order chi connectivity index (χ0) is 26.6. The number of carbonyl (C=O) groups is 4. The third-order valence-corrected chi connectivity index (χ3v) is 6.26. The zero-order valence-electron chi connectivity index (χ0n) is 18.3. The van der Waals surface area contributed by atoms with Crippen molar-refractivity contribution in [2.24, 2.45) is 0 Å². The first kappa shape index (κ1) is 27.6. The van der Waals surface area contributed by atoms with E-state index in [0.29, 0.717) is 24.3 Å². The molecule has 4 amide bonds. The van der Waals surface area contributed by atoms with Crippen molar-refractivity contribution in [1.29, 1.82) is 0 Å². The lowest BCUT2D eigenvalue weighted by molar-refractivity contribution is 0.0636. The number of ether oxygens (including phenoxy) is 2. The maximum absolute atomic E-state index is 13.3. The van der Waals surface area contributed by atoms with Crippen LogP contribution in [0.3, 0.4) is 0 Å². The number of nitrogens with one attached hydrogen (secondary N) is 2. The Morgan fingerprint density at radius 1 is 1.00 bits per heavy atom. The highest BCUT2D eigenvalue weighted by Crippen LogP contribution is 2.32. The Balaban J connectivity index is 2.00. The number of imide groups is 1. The number of amides is 4. The SMILES string of the molecule is COC(=O)N(NC(=O)c1cc(Br)cc(Br)c1NC(=O)c1cc(Br)cn1-c1ncccc1Cl)C(=O)OC. The van der Waals surface area contributed by atoms with Gasteiger partial charge in [-0.05, 0) is 62.2 Å². The average Bonchev–Trinajstić information content (AvgIpc) is 3.24. The highest BCUT2D eigenvalue weighted by molar-refractivity contribution is 9.11. The van der Waals surface area contributed by atoms with Crippen molar-refractivity contribution in [1.82, 2.24) is 20.0 Å². The lowest BCUT2D eigenvalue weighted by Crippen LogP contribution is -2.49. The van der Waals surface area contributed by atoms with Gasteiger partial charge in [-0.25, -0.2) is 20.0 Å². The maximum Gasteiger partial charge on any atom is 0.438 e. The summed E-state index contributed by atoms with van der Waals surface area (Å²) in [5.41, 5.74) is 2.20. The Morgan fingerprint density at radius 2 is 1.67 bits per heavy atom. The van der Waals surface area contributed by atoms with Crippen LogP contribution in [0.15, 0.2) is 56.1 Å². The quantitative estimate of drug-likeness (QED) is 0.340. The van der Waals surface area contributed by atoms with E-state index in [1.54, 1.807) is 30.5 Å². The van der Waals surface area contributed by atoms with Crippen LogP contribution < -0.4 is 10.7 Å². The Morgan fingerprint density at radius 3 is 2.28 bits per heavy atom. The summed E-state index contributed by atoms with van der Waals surface area (Å²) in [4.78, 5) is 54.5. The summed E-state index contributed by atoms with van der Waals surface area (Å²) in [6.07, 6.45) is 0.756. The van der Waals surface area contributed by atoms with Gasteiger partial charge in [0.1, 0.15) is 5.69 Å². The number of hydrazine groups is 1. The summed E-state index contributed by atoms with van der Waals surface area (Å²) in [6, 6.07) is 7.80. The molecule has 0 radical (unpaired) electrons. The van der Waals surface area contributed by atoms with Gasteiger partial charge in [-0.2, -0.15) is 0 Å². The molecule has 0 aliphatic rings. The smallest absolute Gasteiger partial charge is 0.438 e. The molecule has 0 bridgehead atoms. The van der Waals surface area contributed by atoms with Crippen molar-refractivity contribution < 1.29 is 28.7 Å².